The first kappa shape index (κ1) is 25.7. The normalized spacial score (nSPS) is 13.1. The third-order valence-electron chi connectivity index (χ3n) is 6.19. The Balaban J connectivity index is 1.20. The van der Waals surface area contributed by atoms with Crippen LogP contribution in [0.3, 0.4) is 0 Å². The van der Waals surface area contributed by atoms with Gasteiger partial charge in [-0.15, -0.1) is 0 Å². The second-order valence-corrected chi connectivity index (χ2v) is 8.71. The highest BCUT2D eigenvalue weighted by Gasteiger charge is 2.25. The molecule has 1 saturated heterocycles. The Morgan fingerprint density at radius 3 is 2.03 bits per heavy atom. The molecular weight excluding hydrogens is 475 g/mol. The molecule has 0 aromatic heterocycles. The SMILES string of the molecule is COc1ccc(CNC(=O)Nc2ccc(CC(=O)N3CCN(C(=O)c4ccc(F)cc4)CC3)cc2)cc1. The second kappa shape index (κ2) is 12.0. The zero-order valence-electron chi connectivity index (χ0n) is 20.6. The first-order valence-electron chi connectivity index (χ1n) is 12.0. The minimum atomic E-state index is -0.385. The van der Waals surface area contributed by atoms with E-state index in [2.05, 4.69) is 10.6 Å². The third kappa shape index (κ3) is 7.07. The molecule has 0 aliphatic carbocycles. The van der Waals surface area contributed by atoms with Gasteiger partial charge >= 0.3 is 6.03 Å². The van der Waals surface area contributed by atoms with Gasteiger partial charge in [0, 0.05) is 44.0 Å². The van der Waals surface area contributed by atoms with Crippen molar-refractivity contribution in [1.82, 2.24) is 15.1 Å². The van der Waals surface area contributed by atoms with Crippen LogP contribution in [0.5, 0.6) is 5.75 Å². The van der Waals surface area contributed by atoms with Crippen molar-refractivity contribution in [2.45, 2.75) is 13.0 Å². The van der Waals surface area contributed by atoms with E-state index in [1.807, 2.05) is 36.4 Å². The zero-order valence-corrected chi connectivity index (χ0v) is 20.6. The van der Waals surface area contributed by atoms with E-state index in [0.717, 1.165) is 16.9 Å². The van der Waals surface area contributed by atoms with E-state index in [1.54, 1.807) is 29.0 Å². The Morgan fingerprint density at radius 2 is 1.41 bits per heavy atom. The molecule has 0 atom stereocenters. The number of hydrogen-bond donors (Lipinski definition) is 2. The smallest absolute Gasteiger partial charge is 0.319 e. The minimum Gasteiger partial charge on any atom is -0.497 e. The van der Waals surface area contributed by atoms with E-state index in [0.29, 0.717) is 44.0 Å². The molecule has 0 radical (unpaired) electrons. The van der Waals surface area contributed by atoms with E-state index < -0.39 is 0 Å². The van der Waals surface area contributed by atoms with Crippen molar-refractivity contribution in [3.63, 3.8) is 0 Å². The lowest BCUT2D eigenvalue weighted by atomic mass is 10.1. The predicted octanol–water partition coefficient (Wildman–Crippen LogP) is 3.68. The first-order valence-corrected chi connectivity index (χ1v) is 12.0. The van der Waals surface area contributed by atoms with Gasteiger partial charge in [0.2, 0.25) is 5.91 Å². The van der Waals surface area contributed by atoms with Gasteiger partial charge in [0.15, 0.2) is 0 Å². The first-order chi connectivity index (χ1) is 17.9. The Hall–Kier alpha value is -4.40. The van der Waals surface area contributed by atoms with Crippen molar-refractivity contribution >= 4 is 23.5 Å². The van der Waals surface area contributed by atoms with Crippen molar-refractivity contribution in [2.75, 3.05) is 38.6 Å². The van der Waals surface area contributed by atoms with Crippen molar-refractivity contribution in [2.24, 2.45) is 0 Å². The van der Waals surface area contributed by atoms with Crippen LogP contribution in [0.15, 0.2) is 72.8 Å². The number of benzene rings is 3. The Bertz CT molecular complexity index is 1220. The van der Waals surface area contributed by atoms with E-state index in [1.165, 1.54) is 24.3 Å². The molecule has 9 heteroatoms. The summed E-state index contributed by atoms with van der Waals surface area (Å²) in [5.74, 6) is 0.185. The summed E-state index contributed by atoms with van der Waals surface area (Å²) in [4.78, 5) is 41.0. The van der Waals surface area contributed by atoms with Crippen LogP contribution >= 0.6 is 0 Å². The molecule has 4 amide bonds. The van der Waals surface area contributed by atoms with Crippen molar-refractivity contribution < 1.29 is 23.5 Å². The van der Waals surface area contributed by atoms with Gasteiger partial charge in [0.05, 0.1) is 13.5 Å². The van der Waals surface area contributed by atoms with Crippen LogP contribution < -0.4 is 15.4 Å². The molecule has 4 rings (SSSR count). The number of anilines is 1. The Kier molecular flexibility index (Phi) is 8.35. The fourth-order valence-electron chi connectivity index (χ4n) is 4.03. The maximum Gasteiger partial charge on any atom is 0.319 e. The lowest BCUT2D eigenvalue weighted by molar-refractivity contribution is -0.131. The van der Waals surface area contributed by atoms with E-state index in [-0.39, 0.29) is 30.1 Å². The van der Waals surface area contributed by atoms with Crippen LogP contribution in [0.25, 0.3) is 0 Å². The standard InChI is InChI=1S/C28H29FN4O4/c1-37-25-12-4-21(5-13-25)19-30-28(36)31-24-10-2-20(3-11-24)18-26(34)32-14-16-33(17-15-32)27(35)22-6-8-23(29)9-7-22/h2-13H,14-19H2,1H3,(H2,30,31,36). The molecular formula is C28H29FN4O4. The molecule has 1 heterocycles. The van der Waals surface area contributed by atoms with Gasteiger partial charge in [0.25, 0.3) is 5.91 Å². The van der Waals surface area contributed by atoms with Crippen molar-refractivity contribution in [3.05, 3.63) is 95.3 Å². The summed E-state index contributed by atoms with van der Waals surface area (Å²) in [5, 5.41) is 5.59. The van der Waals surface area contributed by atoms with E-state index >= 15 is 0 Å². The number of amides is 4. The molecule has 1 aliphatic heterocycles. The molecule has 192 valence electrons. The van der Waals surface area contributed by atoms with Crippen LogP contribution in [0.1, 0.15) is 21.5 Å². The molecule has 1 fully saturated rings. The average molecular weight is 505 g/mol. The summed E-state index contributed by atoms with van der Waals surface area (Å²) in [6.07, 6.45) is 0.232. The second-order valence-electron chi connectivity index (χ2n) is 8.71. The molecule has 0 unspecified atom stereocenters. The van der Waals surface area contributed by atoms with Crippen LogP contribution in [-0.4, -0.2) is 60.9 Å². The molecule has 0 spiro atoms. The van der Waals surface area contributed by atoms with Crippen LogP contribution in [0.4, 0.5) is 14.9 Å². The molecule has 8 nitrogen and oxygen atoms in total. The molecule has 0 saturated carbocycles. The number of carbonyl (C=O) groups is 3. The highest BCUT2D eigenvalue weighted by atomic mass is 19.1. The number of carbonyl (C=O) groups excluding carboxylic acids is 3. The summed E-state index contributed by atoms with van der Waals surface area (Å²) in [6, 6.07) is 19.7. The number of nitrogens with zero attached hydrogens (tertiary/aromatic N) is 2. The number of ether oxygens (including phenoxy) is 1. The number of halogens is 1. The number of methoxy groups -OCH3 is 1. The van der Waals surface area contributed by atoms with Gasteiger partial charge in [0.1, 0.15) is 11.6 Å². The monoisotopic (exact) mass is 504 g/mol. The number of piperazine rings is 1. The molecule has 37 heavy (non-hydrogen) atoms. The molecule has 3 aromatic carbocycles. The number of nitrogens with one attached hydrogen (secondary N) is 2. The lowest BCUT2D eigenvalue weighted by Crippen LogP contribution is -2.51. The van der Waals surface area contributed by atoms with E-state index in [9.17, 15) is 18.8 Å². The number of hydrogen-bond acceptors (Lipinski definition) is 4. The quantitative estimate of drug-likeness (QED) is 0.514. The highest BCUT2D eigenvalue weighted by molar-refractivity contribution is 5.94. The fourth-order valence-corrected chi connectivity index (χ4v) is 4.03. The summed E-state index contributed by atoms with van der Waals surface area (Å²) in [5.41, 5.74) is 2.84. The Labute approximate surface area is 215 Å². The van der Waals surface area contributed by atoms with Gasteiger partial charge < -0.3 is 25.2 Å². The van der Waals surface area contributed by atoms with Crippen LogP contribution in [0.2, 0.25) is 0 Å². The average Bonchev–Trinajstić information content (AvgIpc) is 2.93. The summed E-state index contributed by atoms with van der Waals surface area (Å²) >= 11 is 0. The zero-order chi connectivity index (χ0) is 26.2. The summed E-state index contributed by atoms with van der Waals surface area (Å²) in [6.45, 7) is 2.12. The molecule has 2 N–H and O–H groups in total. The predicted molar refractivity (Wildman–Crippen MR) is 138 cm³/mol. The summed E-state index contributed by atoms with van der Waals surface area (Å²) in [7, 11) is 1.60. The van der Waals surface area contributed by atoms with Crippen LogP contribution in [0, 0.1) is 5.82 Å². The topological polar surface area (TPSA) is 91.0 Å². The lowest BCUT2D eigenvalue weighted by Gasteiger charge is -2.35. The van der Waals surface area contributed by atoms with Gasteiger partial charge in [-0.2, -0.15) is 0 Å². The van der Waals surface area contributed by atoms with Gasteiger partial charge in [-0.1, -0.05) is 24.3 Å². The fraction of sp³-hybridized carbons (Fsp3) is 0.250. The largest absolute Gasteiger partial charge is 0.497 e. The molecule has 3 aromatic rings. The third-order valence-corrected chi connectivity index (χ3v) is 6.19. The van der Waals surface area contributed by atoms with Gasteiger partial charge in [-0.25, -0.2) is 9.18 Å². The van der Waals surface area contributed by atoms with Gasteiger partial charge in [-0.05, 0) is 59.7 Å². The maximum atomic E-state index is 13.1. The van der Waals surface area contributed by atoms with Crippen molar-refractivity contribution in [1.29, 1.82) is 0 Å². The van der Waals surface area contributed by atoms with E-state index in [4.69, 9.17) is 4.74 Å². The summed E-state index contributed by atoms with van der Waals surface area (Å²) < 4.78 is 18.2. The van der Waals surface area contributed by atoms with Crippen molar-refractivity contribution in [3.8, 4) is 5.75 Å². The molecule has 1 aliphatic rings. The number of urea groups is 1. The van der Waals surface area contributed by atoms with Crippen LogP contribution in [-0.2, 0) is 17.8 Å². The Morgan fingerprint density at radius 1 is 0.811 bits per heavy atom. The number of rotatable bonds is 7. The minimum absolute atomic E-state index is 0.0215. The molecule has 0 bridgehead atoms. The maximum absolute atomic E-state index is 13.1. The van der Waals surface area contributed by atoms with Gasteiger partial charge in [-0.3, -0.25) is 9.59 Å². The highest BCUT2D eigenvalue weighted by Crippen LogP contribution is 2.14.